The number of oxime groups is 1. The molecule has 0 amide bonds. The molecule has 7 nitrogen and oxygen atoms in total. The molecular formula is C27H30FN3O4. The van der Waals surface area contributed by atoms with Crippen molar-refractivity contribution in [2.45, 2.75) is 46.3 Å². The van der Waals surface area contributed by atoms with Crippen molar-refractivity contribution in [2.24, 2.45) is 5.16 Å². The molecule has 0 aliphatic heterocycles. The third-order valence-corrected chi connectivity index (χ3v) is 5.02. The zero-order chi connectivity index (χ0) is 25.6. The average Bonchev–Trinajstić information content (AvgIpc) is 3.13. The molecule has 35 heavy (non-hydrogen) atoms. The van der Waals surface area contributed by atoms with Crippen LogP contribution >= 0.6 is 0 Å². The number of hydrogen-bond donors (Lipinski definition) is 1. The molecule has 0 aliphatic rings. The molecule has 0 saturated heterocycles. The largest absolute Gasteiger partial charge is 0.465 e. The Kier molecular flexibility index (Phi) is 8.06. The second-order valence-electron chi connectivity index (χ2n) is 8.91. The van der Waals surface area contributed by atoms with Crippen LogP contribution in [0.3, 0.4) is 0 Å². The summed E-state index contributed by atoms with van der Waals surface area (Å²) in [7, 11) is 0. The van der Waals surface area contributed by atoms with Crippen molar-refractivity contribution >= 4 is 18.3 Å². The van der Waals surface area contributed by atoms with Crippen LogP contribution in [0.15, 0.2) is 54.2 Å². The number of esters is 1. The Morgan fingerprint density at radius 1 is 1.23 bits per heavy atom. The third-order valence-electron chi connectivity index (χ3n) is 5.02. The minimum atomic E-state index is -0.672. The fraction of sp³-hybridized carbons (Fsp3) is 0.296. The minimum Gasteiger partial charge on any atom is -0.465 e. The van der Waals surface area contributed by atoms with E-state index in [4.69, 9.17) is 14.7 Å². The van der Waals surface area contributed by atoms with Crippen LogP contribution in [-0.4, -0.2) is 39.2 Å². The van der Waals surface area contributed by atoms with Crippen LogP contribution in [0.2, 0.25) is 0 Å². The average molecular weight is 480 g/mol. The van der Waals surface area contributed by atoms with E-state index in [0.29, 0.717) is 35.1 Å². The fourth-order valence-electron chi connectivity index (χ4n) is 3.55. The number of hydrogen-bond acceptors (Lipinski definition) is 6. The zero-order valence-electron chi connectivity index (χ0n) is 20.4. The highest BCUT2D eigenvalue weighted by molar-refractivity contribution is 5.97. The molecule has 0 saturated carbocycles. The van der Waals surface area contributed by atoms with Gasteiger partial charge in [0.05, 0.1) is 36.3 Å². The quantitative estimate of drug-likeness (QED) is 0.178. The molecule has 3 aromatic rings. The molecule has 0 fully saturated rings. The van der Waals surface area contributed by atoms with E-state index in [1.807, 2.05) is 6.92 Å². The van der Waals surface area contributed by atoms with E-state index in [1.165, 1.54) is 18.4 Å². The number of aromatic nitrogens is 2. The highest BCUT2D eigenvalue weighted by Gasteiger charge is 2.22. The van der Waals surface area contributed by atoms with Crippen molar-refractivity contribution in [3.8, 4) is 17.1 Å². The summed E-state index contributed by atoms with van der Waals surface area (Å²) in [6, 6.07) is 11.9. The van der Waals surface area contributed by atoms with E-state index in [0.717, 1.165) is 6.42 Å². The molecule has 2 aromatic carbocycles. The lowest BCUT2D eigenvalue weighted by Gasteiger charge is -2.20. The Balaban J connectivity index is 1.99. The number of benzene rings is 2. The highest BCUT2D eigenvalue weighted by Crippen LogP contribution is 2.29. The molecule has 1 heterocycles. The Hall–Kier alpha value is -3.94. The first kappa shape index (κ1) is 25.7. The van der Waals surface area contributed by atoms with E-state index in [2.05, 4.69) is 16.7 Å². The molecule has 1 N–H and O–H groups in total. The lowest BCUT2D eigenvalue weighted by molar-refractivity contribution is 0.00704. The van der Waals surface area contributed by atoms with Gasteiger partial charge in [0.25, 0.3) is 6.01 Å². The first-order valence-corrected chi connectivity index (χ1v) is 11.3. The Bertz CT molecular complexity index is 1240. The van der Waals surface area contributed by atoms with Gasteiger partial charge < -0.3 is 14.7 Å². The number of imidazole rings is 1. The summed E-state index contributed by atoms with van der Waals surface area (Å²) >= 11 is 0. The normalized spacial score (nSPS) is 11.6. The lowest BCUT2D eigenvalue weighted by Crippen LogP contribution is -2.24. The van der Waals surface area contributed by atoms with Gasteiger partial charge in [-0.2, -0.15) is 4.98 Å². The molecule has 0 aliphatic carbocycles. The zero-order valence-corrected chi connectivity index (χ0v) is 20.4. The van der Waals surface area contributed by atoms with Crippen molar-refractivity contribution < 1.29 is 23.9 Å². The number of halogens is 1. The Labute approximate surface area is 204 Å². The lowest BCUT2D eigenvalue weighted by atomic mass is 9.97. The van der Waals surface area contributed by atoms with E-state index < -0.39 is 17.4 Å². The van der Waals surface area contributed by atoms with Gasteiger partial charge in [-0.15, -0.1) is 0 Å². The van der Waals surface area contributed by atoms with Crippen molar-refractivity contribution in [3.05, 3.63) is 77.4 Å². The maximum Gasteiger partial charge on any atom is 0.339 e. The van der Waals surface area contributed by atoms with Crippen LogP contribution in [0.5, 0.6) is 6.01 Å². The van der Waals surface area contributed by atoms with E-state index in [9.17, 15) is 4.79 Å². The van der Waals surface area contributed by atoms with Gasteiger partial charge in [-0.1, -0.05) is 49.0 Å². The van der Waals surface area contributed by atoms with Crippen LogP contribution in [-0.2, 0) is 11.3 Å². The summed E-state index contributed by atoms with van der Waals surface area (Å²) in [5, 5.41) is 12.2. The SMILES string of the molecule is C=Cc1nc(OCCC)n(Cc2ccc(-c3ccccc3C(=O)OC(C)(C)C)c(F)c2)c1C=NO. The van der Waals surface area contributed by atoms with Gasteiger partial charge in [-0.3, -0.25) is 4.57 Å². The molecule has 0 spiro atoms. The highest BCUT2D eigenvalue weighted by atomic mass is 19.1. The van der Waals surface area contributed by atoms with Gasteiger partial charge >= 0.3 is 5.97 Å². The number of carbonyl (C=O) groups is 1. The van der Waals surface area contributed by atoms with Gasteiger partial charge in [-0.05, 0) is 56.5 Å². The van der Waals surface area contributed by atoms with Gasteiger partial charge in [0, 0.05) is 5.56 Å². The monoisotopic (exact) mass is 479 g/mol. The molecule has 1 aromatic heterocycles. The molecule has 0 atom stereocenters. The van der Waals surface area contributed by atoms with E-state index >= 15 is 4.39 Å². The molecule has 0 radical (unpaired) electrons. The van der Waals surface area contributed by atoms with Crippen LogP contribution < -0.4 is 4.74 Å². The smallest absolute Gasteiger partial charge is 0.339 e. The molecule has 0 bridgehead atoms. The molecular weight excluding hydrogens is 449 g/mol. The molecule has 184 valence electrons. The van der Waals surface area contributed by atoms with Crippen molar-refractivity contribution in [1.82, 2.24) is 9.55 Å². The van der Waals surface area contributed by atoms with E-state index in [-0.39, 0.29) is 17.7 Å². The summed E-state index contributed by atoms with van der Waals surface area (Å²) in [6.45, 7) is 11.7. The number of ether oxygens (including phenoxy) is 2. The van der Waals surface area contributed by atoms with Crippen LogP contribution in [0, 0.1) is 5.82 Å². The third kappa shape index (κ3) is 6.15. The second-order valence-corrected chi connectivity index (χ2v) is 8.91. The summed E-state index contributed by atoms with van der Waals surface area (Å²) in [4.78, 5) is 17.1. The second kappa shape index (κ2) is 11.0. The molecule has 3 rings (SSSR count). The van der Waals surface area contributed by atoms with Gasteiger partial charge in [0.1, 0.15) is 11.4 Å². The Morgan fingerprint density at radius 2 is 1.97 bits per heavy atom. The standard InChI is InChI=1S/C27H30FN3O4/c1-6-14-34-26-30-23(7-2)24(16-29-33)31(26)17-18-12-13-20(22(28)15-18)19-10-8-9-11-21(19)25(32)35-27(3,4)5/h7-13,15-16,33H,2,6,14,17H2,1,3-5H3. The predicted molar refractivity (Wildman–Crippen MR) is 134 cm³/mol. The Morgan fingerprint density at radius 3 is 2.60 bits per heavy atom. The maximum atomic E-state index is 15.4. The van der Waals surface area contributed by atoms with Crippen LogP contribution in [0.25, 0.3) is 17.2 Å². The van der Waals surface area contributed by atoms with Crippen LogP contribution in [0.4, 0.5) is 4.39 Å². The molecule has 0 unspecified atom stereocenters. The number of rotatable bonds is 9. The maximum absolute atomic E-state index is 15.4. The summed E-state index contributed by atoms with van der Waals surface area (Å²) in [5.41, 5.74) is 1.94. The first-order chi connectivity index (χ1) is 16.7. The van der Waals surface area contributed by atoms with Gasteiger partial charge in [0.15, 0.2) is 0 Å². The topological polar surface area (TPSA) is 85.9 Å². The summed E-state index contributed by atoms with van der Waals surface area (Å²) in [6.07, 6.45) is 3.55. The van der Waals surface area contributed by atoms with Gasteiger partial charge in [0.2, 0.25) is 0 Å². The summed E-state index contributed by atoms with van der Waals surface area (Å²) < 4.78 is 28.3. The van der Waals surface area contributed by atoms with Crippen molar-refractivity contribution in [2.75, 3.05) is 6.61 Å². The first-order valence-electron chi connectivity index (χ1n) is 11.3. The predicted octanol–water partition coefficient (Wildman–Crippen LogP) is 5.93. The summed E-state index contributed by atoms with van der Waals surface area (Å²) in [5.74, 6) is -1.01. The number of carbonyl (C=O) groups excluding carboxylic acids is 1. The van der Waals surface area contributed by atoms with Crippen molar-refractivity contribution in [3.63, 3.8) is 0 Å². The van der Waals surface area contributed by atoms with Gasteiger partial charge in [-0.25, -0.2) is 9.18 Å². The number of nitrogens with zero attached hydrogens (tertiary/aromatic N) is 3. The molecule has 8 heteroatoms. The van der Waals surface area contributed by atoms with E-state index in [1.54, 1.807) is 61.7 Å². The minimum absolute atomic E-state index is 0.214. The fourth-order valence-corrected chi connectivity index (χ4v) is 3.55. The van der Waals surface area contributed by atoms with Crippen LogP contribution in [0.1, 0.15) is 61.4 Å². The van der Waals surface area contributed by atoms with Crippen molar-refractivity contribution in [1.29, 1.82) is 0 Å².